The maximum atomic E-state index is 12.5. The second-order valence-electron chi connectivity index (χ2n) is 8.08. The molecule has 11 nitrogen and oxygen atoms in total. The van der Waals surface area contributed by atoms with E-state index in [-0.39, 0.29) is 45.1 Å². The van der Waals surface area contributed by atoms with Crippen molar-refractivity contribution < 1.29 is 24.2 Å². The van der Waals surface area contributed by atoms with Crippen molar-refractivity contribution in [3.05, 3.63) is 38.4 Å². The lowest BCUT2D eigenvalue weighted by molar-refractivity contribution is -0.144. The zero-order chi connectivity index (χ0) is 24.8. The Hall–Kier alpha value is -2.69. The number of aliphatic hydroxyl groups is 1. The Kier molecular flexibility index (Phi) is 13.1. The molecule has 2 atom stereocenters. The van der Waals surface area contributed by atoms with Gasteiger partial charge in [0, 0.05) is 13.1 Å². The normalized spacial score (nSPS) is 12.0. The van der Waals surface area contributed by atoms with Crippen molar-refractivity contribution in [2.24, 2.45) is 5.92 Å². The smallest absolute Gasteiger partial charge is 0.336 e. The van der Waals surface area contributed by atoms with E-state index in [1.54, 1.807) is 6.92 Å². The van der Waals surface area contributed by atoms with E-state index < -0.39 is 35.1 Å². The van der Waals surface area contributed by atoms with Crippen LogP contribution in [0.5, 0.6) is 0 Å². The van der Waals surface area contributed by atoms with E-state index in [9.17, 15) is 29.1 Å². The highest BCUT2D eigenvalue weighted by molar-refractivity contribution is 5.69. The molecule has 0 aliphatic rings. The fraction of sp³-hybridized carbons (Fsp3) is 0.727. The molecule has 1 heterocycles. The number of nitrogens with zero attached hydrogens (tertiary/aromatic N) is 2. The summed E-state index contributed by atoms with van der Waals surface area (Å²) in [7, 11) is 0. The number of hydrogen-bond acceptors (Lipinski definition) is 8. The Morgan fingerprint density at radius 3 is 1.76 bits per heavy atom. The molecule has 0 fully saturated rings. The average molecular weight is 470 g/mol. The van der Waals surface area contributed by atoms with E-state index in [0.717, 1.165) is 22.0 Å². The molecule has 1 rings (SSSR count). The van der Waals surface area contributed by atoms with Crippen LogP contribution >= 0.6 is 0 Å². The minimum Gasteiger partial charge on any atom is -0.466 e. The van der Waals surface area contributed by atoms with Crippen LogP contribution in [-0.2, 0) is 32.2 Å². The lowest BCUT2D eigenvalue weighted by Gasteiger charge is -2.10. The van der Waals surface area contributed by atoms with Crippen LogP contribution in [0.25, 0.3) is 0 Å². The topological polar surface area (TPSA) is 150 Å². The fourth-order valence-electron chi connectivity index (χ4n) is 2.97. The molecule has 0 aliphatic heterocycles. The van der Waals surface area contributed by atoms with Crippen LogP contribution in [0, 0.1) is 12.8 Å². The van der Waals surface area contributed by atoms with Crippen LogP contribution in [0.1, 0.15) is 65.2 Å². The van der Waals surface area contributed by atoms with Crippen LogP contribution in [0.4, 0.5) is 0 Å². The molecule has 11 heteroatoms. The molecule has 1 aromatic rings. The highest BCUT2D eigenvalue weighted by Crippen LogP contribution is 2.06. The van der Waals surface area contributed by atoms with Gasteiger partial charge in [-0.25, -0.2) is 23.5 Å². The van der Waals surface area contributed by atoms with E-state index >= 15 is 0 Å². The number of esters is 2. The van der Waals surface area contributed by atoms with Gasteiger partial charge in [0.2, 0.25) is 0 Å². The Labute approximate surface area is 192 Å². The molecule has 0 aromatic carbocycles. The van der Waals surface area contributed by atoms with Gasteiger partial charge in [-0.2, -0.15) is 0 Å². The number of aromatic nitrogens is 3. The SMILES string of the molecule is [CH]C(C)CCCCOC(=O)CCn1c(=O)[nH]c(=O)n(CCC(=O)OCCCCC(C)O)c1=O. The predicted octanol–water partition coefficient (Wildman–Crippen LogP) is 0.633. The van der Waals surface area contributed by atoms with Crippen molar-refractivity contribution in [1.29, 1.82) is 0 Å². The van der Waals surface area contributed by atoms with Crippen molar-refractivity contribution in [3.63, 3.8) is 0 Å². The first-order chi connectivity index (χ1) is 15.6. The number of aromatic amines is 1. The van der Waals surface area contributed by atoms with Crippen molar-refractivity contribution in [2.75, 3.05) is 13.2 Å². The molecule has 0 spiro atoms. The third-order valence-electron chi connectivity index (χ3n) is 4.84. The Bertz CT molecular complexity index is 844. The van der Waals surface area contributed by atoms with Crippen LogP contribution < -0.4 is 17.1 Å². The highest BCUT2D eigenvalue weighted by atomic mass is 16.5. The maximum absolute atomic E-state index is 12.5. The van der Waals surface area contributed by atoms with Gasteiger partial charge in [0.05, 0.1) is 32.2 Å². The van der Waals surface area contributed by atoms with Crippen LogP contribution in [0.2, 0.25) is 0 Å². The largest absolute Gasteiger partial charge is 0.466 e. The molecular weight excluding hydrogens is 434 g/mol. The number of nitrogens with one attached hydrogen (secondary N) is 1. The fourth-order valence-corrected chi connectivity index (χ4v) is 2.97. The van der Waals surface area contributed by atoms with E-state index in [1.807, 2.05) is 11.9 Å². The minimum absolute atomic E-state index is 0.0811. The van der Waals surface area contributed by atoms with E-state index in [0.29, 0.717) is 25.7 Å². The molecule has 33 heavy (non-hydrogen) atoms. The first kappa shape index (κ1) is 28.3. The molecule has 0 aliphatic carbocycles. The van der Waals surface area contributed by atoms with Gasteiger partial charge in [-0.05, 0) is 51.9 Å². The summed E-state index contributed by atoms with van der Waals surface area (Å²) in [6.07, 6.45) is 3.32. The van der Waals surface area contributed by atoms with Gasteiger partial charge in [-0.15, -0.1) is 0 Å². The zero-order valence-corrected chi connectivity index (χ0v) is 19.4. The Morgan fingerprint density at radius 2 is 1.33 bits per heavy atom. The van der Waals surface area contributed by atoms with Crippen molar-refractivity contribution >= 4 is 11.9 Å². The number of ether oxygens (including phenoxy) is 2. The first-order valence-corrected chi connectivity index (χ1v) is 11.3. The lowest BCUT2D eigenvalue weighted by atomic mass is 10.1. The summed E-state index contributed by atoms with van der Waals surface area (Å²) in [5.74, 6) is -1.08. The second-order valence-corrected chi connectivity index (χ2v) is 8.08. The summed E-state index contributed by atoms with van der Waals surface area (Å²) in [5.41, 5.74) is -2.80. The summed E-state index contributed by atoms with van der Waals surface area (Å²) >= 11 is 0. The zero-order valence-electron chi connectivity index (χ0n) is 19.4. The Balaban J connectivity index is 2.55. The monoisotopic (exact) mass is 469 g/mol. The third-order valence-corrected chi connectivity index (χ3v) is 4.84. The molecule has 0 saturated heterocycles. The van der Waals surface area contributed by atoms with Crippen molar-refractivity contribution in [2.45, 2.75) is 84.4 Å². The van der Waals surface area contributed by atoms with Gasteiger partial charge in [-0.1, -0.05) is 13.3 Å². The molecule has 0 saturated carbocycles. The van der Waals surface area contributed by atoms with Crippen molar-refractivity contribution in [1.82, 2.24) is 14.1 Å². The Morgan fingerprint density at radius 1 is 0.879 bits per heavy atom. The summed E-state index contributed by atoms with van der Waals surface area (Å²) < 4.78 is 11.6. The summed E-state index contributed by atoms with van der Waals surface area (Å²) in [6.45, 7) is 9.07. The second kappa shape index (κ2) is 15.2. The number of carbonyl (C=O) groups is 2. The van der Waals surface area contributed by atoms with Gasteiger partial charge >= 0.3 is 29.0 Å². The number of carbonyl (C=O) groups excluding carboxylic acids is 2. The quantitative estimate of drug-likeness (QED) is 0.264. The molecular formula is C22H35N3O8. The summed E-state index contributed by atoms with van der Waals surface area (Å²) in [4.78, 5) is 62.3. The van der Waals surface area contributed by atoms with E-state index in [1.165, 1.54) is 0 Å². The minimum atomic E-state index is -0.942. The van der Waals surface area contributed by atoms with Gasteiger partial charge in [-0.3, -0.25) is 14.6 Å². The van der Waals surface area contributed by atoms with Crippen LogP contribution in [0.3, 0.4) is 0 Å². The van der Waals surface area contributed by atoms with Gasteiger partial charge in [0.25, 0.3) is 0 Å². The van der Waals surface area contributed by atoms with Crippen molar-refractivity contribution in [3.8, 4) is 0 Å². The van der Waals surface area contributed by atoms with Gasteiger partial charge < -0.3 is 14.6 Å². The molecule has 0 amide bonds. The maximum Gasteiger partial charge on any atom is 0.336 e. The molecule has 0 bridgehead atoms. The van der Waals surface area contributed by atoms with Gasteiger partial charge in [0.1, 0.15) is 0 Å². The van der Waals surface area contributed by atoms with E-state index in [2.05, 4.69) is 0 Å². The van der Waals surface area contributed by atoms with Crippen LogP contribution in [-0.4, -0.2) is 50.5 Å². The van der Waals surface area contributed by atoms with Crippen LogP contribution in [0.15, 0.2) is 14.4 Å². The standard InChI is InChI=1S/C22H35N3O8/c1-16(2)8-4-6-14-32-18(27)10-12-24-20(29)23-21(30)25(22(24)31)13-11-19(28)33-15-7-5-9-17(3)26/h1,16-17,26H,4-15H2,2-3H3,(H,23,29,30). The number of rotatable bonds is 16. The van der Waals surface area contributed by atoms with E-state index in [4.69, 9.17) is 16.4 Å². The molecule has 2 radical (unpaired) electrons. The third kappa shape index (κ3) is 11.7. The number of unbranched alkanes of at least 4 members (excludes halogenated alkanes) is 2. The molecule has 1 aromatic heterocycles. The number of H-pyrrole nitrogens is 1. The average Bonchev–Trinajstić information content (AvgIpc) is 2.72. The molecule has 186 valence electrons. The molecule has 2 unspecified atom stereocenters. The van der Waals surface area contributed by atoms with Gasteiger partial charge in [0.15, 0.2) is 0 Å². The number of aliphatic hydroxyl groups excluding tert-OH is 1. The molecule has 2 N–H and O–H groups in total. The highest BCUT2D eigenvalue weighted by Gasteiger charge is 2.14. The summed E-state index contributed by atoms with van der Waals surface area (Å²) in [5, 5.41) is 9.18. The number of hydrogen-bond donors (Lipinski definition) is 2. The predicted molar refractivity (Wildman–Crippen MR) is 120 cm³/mol. The first-order valence-electron chi connectivity index (χ1n) is 11.3. The lowest BCUT2D eigenvalue weighted by Crippen LogP contribution is -2.49. The summed E-state index contributed by atoms with van der Waals surface area (Å²) in [6, 6.07) is 0.